The van der Waals surface area contributed by atoms with E-state index in [1.165, 1.54) is 17.9 Å². The van der Waals surface area contributed by atoms with Crippen LogP contribution in [0, 0.1) is 5.82 Å². The Labute approximate surface area is 161 Å². The third-order valence-electron chi connectivity index (χ3n) is 5.01. The number of rotatable bonds is 5. The zero-order valence-corrected chi connectivity index (χ0v) is 15.4. The maximum absolute atomic E-state index is 14.8. The minimum Gasteiger partial charge on any atom is -0.442 e. The number of nitrogens with zero attached hydrogens (tertiary/aromatic N) is 5. The molecular formula is C18H21FN6O3. The Morgan fingerprint density at radius 3 is 2.96 bits per heavy atom. The Balaban J connectivity index is 1.43. The van der Waals surface area contributed by atoms with Gasteiger partial charge in [0.2, 0.25) is 5.91 Å². The quantitative estimate of drug-likeness (QED) is 0.831. The first kappa shape index (κ1) is 18.2. The van der Waals surface area contributed by atoms with E-state index >= 15 is 0 Å². The molecule has 28 heavy (non-hydrogen) atoms. The summed E-state index contributed by atoms with van der Waals surface area (Å²) in [6.07, 6.45) is 3.29. The van der Waals surface area contributed by atoms with Crippen molar-refractivity contribution in [1.82, 2.24) is 20.3 Å². The lowest BCUT2D eigenvalue weighted by atomic mass is 10.2. The minimum absolute atomic E-state index is 0.157. The summed E-state index contributed by atoms with van der Waals surface area (Å²) in [6.45, 7) is 3.25. The van der Waals surface area contributed by atoms with Crippen LogP contribution in [-0.2, 0) is 9.53 Å². The molecule has 0 spiro atoms. The monoisotopic (exact) mass is 388 g/mol. The van der Waals surface area contributed by atoms with Crippen LogP contribution in [-0.4, -0.2) is 59.3 Å². The van der Waals surface area contributed by atoms with Gasteiger partial charge in [0.05, 0.1) is 36.7 Å². The van der Waals surface area contributed by atoms with Crippen LogP contribution in [0.25, 0.3) is 0 Å². The number of aromatic nitrogens is 3. The summed E-state index contributed by atoms with van der Waals surface area (Å²) in [5.41, 5.74) is 0.928. The van der Waals surface area contributed by atoms with Crippen LogP contribution < -0.4 is 15.1 Å². The maximum atomic E-state index is 14.8. The molecule has 2 atom stereocenters. The van der Waals surface area contributed by atoms with Crippen molar-refractivity contribution in [2.75, 3.05) is 36.0 Å². The summed E-state index contributed by atoms with van der Waals surface area (Å²) in [4.78, 5) is 26.5. The first-order valence-corrected chi connectivity index (χ1v) is 9.14. The Hall–Kier alpha value is -3.17. The van der Waals surface area contributed by atoms with Crippen molar-refractivity contribution in [2.24, 2.45) is 0 Å². The zero-order chi connectivity index (χ0) is 19.7. The maximum Gasteiger partial charge on any atom is 0.414 e. The predicted molar refractivity (Wildman–Crippen MR) is 98.6 cm³/mol. The molecule has 0 radical (unpaired) electrons. The van der Waals surface area contributed by atoms with Gasteiger partial charge in [0.25, 0.3) is 0 Å². The first-order chi connectivity index (χ1) is 13.5. The van der Waals surface area contributed by atoms with Gasteiger partial charge in [-0.05, 0) is 24.6 Å². The number of hydrogen-bond donors (Lipinski definition) is 1. The van der Waals surface area contributed by atoms with E-state index in [1.54, 1.807) is 23.0 Å². The van der Waals surface area contributed by atoms with Gasteiger partial charge in [0.15, 0.2) is 0 Å². The van der Waals surface area contributed by atoms with Crippen molar-refractivity contribution < 1.29 is 18.7 Å². The second kappa shape index (κ2) is 7.45. The normalized spacial score (nSPS) is 21.9. The highest BCUT2D eigenvalue weighted by Gasteiger charge is 2.33. The molecule has 0 bridgehead atoms. The molecule has 2 aromatic rings. The van der Waals surface area contributed by atoms with Crippen molar-refractivity contribution >= 4 is 23.4 Å². The van der Waals surface area contributed by atoms with Gasteiger partial charge in [0, 0.05) is 26.2 Å². The smallest absolute Gasteiger partial charge is 0.414 e. The summed E-state index contributed by atoms with van der Waals surface area (Å²) in [5, 5.41) is 10.5. The molecule has 0 unspecified atom stereocenters. The summed E-state index contributed by atoms with van der Waals surface area (Å²) in [7, 11) is 0. The van der Waals surface area contributed by atoms with Crippen LogP contribution in [0.5, 0.6) is 0 Å². The van der Waals surface area contributed by atoms with Gasteiger partial charge >= 0.3 is 6.09 Å². The molecule has 10 heteroatoms. The SMILES string of the molecule is CC(=O)NC[C@H]1CN(c2ccc(N3CC[C@@H](n4ccnn4)C3)c(F)c2)C(=O)O1. The molecule has 9 nitrogen and oxygen atoms in total. The molecule has 2 saturated heterocycles. The van der Waals surface area contributed by atoms with Gasteiger partial charge in [-0.2, -0.15) is 0 Å². The molecule has 4 rings (SSSR count). The Morgan fingerprint density at radius 2 is 2.25 bits per heavy atom. The molecule has 1 aromatic heterocycles. The molecule has 2 aliphatic heterocycles. The topological polar surface area (TPSA) is 92.6 Å². The highest BCUT2D eigenvalue weighted by atomic mass is 19.1. The van der Waals surface area contributed by atoms with Crippen molar-refractivity contribution in [1.29, 1.82) is 0 Å². The summed E-state index contributed by atoms with van der Waals surface area (Å²) < 4.78 is 21.8. The lowest BCUT2D eigenvalue weighted by molar-refractivity contribution is -0.119. The second-order valence-electron chi connectivity index (χ2n) is 6.96. The Kier molecular flexibility index (Phi) is 4.84. The number of nitrogens with one attached hydrogen (secondary N) is 1. The molecule has 2 aliphatic rings. The molecule has 1 aromatic carbocycles. The summed E-state index contributed by atoms with van der Waals surface area (Å²) in [6, 6.07) is 4.90. The zero-order valence-electron chi connectivity index (χ0n) is 15.4. The predicted octanol–water partition coefficient (Wildman–Crippen LogP) is 1.33. The van der Waals surface area contributed by atoms with Gasteiger partial charge in [-0.1, -0.05) is 5.21 Å². The second-order valence-corrected chi connectivity index (χ2v) is 6.96. The lowest BCUT2D eigenvalue weighted by Crippen LogP contribution is -2.33. The van der Waals surface area contributed by atoms with Gasteiger partial charge in [-0.15, -0.1) is 5.10 Å². The number of cyclic esters (lactones) is 1. The molecule has 2 amide bonds. The van der Waals surface area contributed by atoms with Gasteiger partial charge in [-0.3, -0.25) is 9.69 Å². The molecule has 0 aliphatic carbocycles. The fourth-order valence-electron chi connectivity index (χ4n) is 3.61. The van der Waals surface area contributed by atoms with Crippen molar-refractivity contribution in [2.45, 2.75) is 25.5 Å². The largest absolute Gasteiger partial charge is 0.442 e. The molecule has 0 saturated carbocycles. The van der Waals surface area contributed by atoms with E-state index in [2.05, 4.69) is 15.6 Å². The standard InChI is InChI=1S/C18H21FN6O3/c1-12(26)20-9-15-11-24(18(27)28-15)13-2-3-17(16(19)8-13)23-6-4-14(10-23)25-7-5-21-22-25/h2-3,5,7-8,14-15H,4,6,9-11H2,1H3,(H,20,26)/t14-,15+/m1/s1. The number of ether oxygens (including phenoxy) is 1. The summed E-state index contributed by atoms with van der Waals surface area (Å²) >= 11 is 0. The fraction of sp³-hybridized carbons (Fsp3) is 0.444. The number of halogens is 1. The van der Waals surface area contributed by atoms with E-state index in [4.69, 9.17) is 4.74 Å². The third-order valence-corrected chi connectivity index (χ3v) is 5.01. The molecule has 2 fully saturated rings. The number of carbonyl (C=O) groups is 2. The minimum atomic E-state index is -0.546. The van der Waals surface area contributed by atoms with Crippen LogP contribution in [0.4, 0.5) is 20.6 Å². The number of carbonyl (C=O) groups excluding carboxylic acids is 2. The van der Waals surface area contributed by atoms with E-state index in [1.807, 2.05) is 11.1 Å². The number of benzene rings is 1. The lowest BCUT2D eigenvalue weighted by Gasteiger charge is -2.21. The Bertz CT molecular complexity index is 874. The molecule has 1 N–H and O–H groups in total. The van der Waals surface area contributed by atoms with Crippen molar-refractivity contribution in [3.05, 3.63) is 36.4 Å². The highest BCUT2D eigenvalue weighted by molar-refractivity contribution is 5.90. The molecule has 148 valence electrons. The average Bonchev–Trinajstić information content (AvgIpc) is 3.40. The van der Waals surface area contributed by atoms with Crippen molar-refractivity contribution in [3.63, 3.8) is 0 Å². The third kappa shape index (κ3) is 3.62. The van der Waals surface area contributed by atoms with E-state index in [-0.39, 0.29) is 25.0 Å². The van der Waals surface area contributed by atoms with E-state index in [0.29, 0.717) is 24.5 Å². The first-order valence-electron chi connectivity index (χ1n) is 9.14. The average molecular weight is 388 g/mol. The number of hydrogen-bond acceptors (Lipinski definition) is 6. The fourth-order valence-corrected chi connectivity index (χ4v) is 3.61. The van der Waals surface area contributed by atoms with E-state index in [0.717, 1.165) is 6.42 Å². The Morgan fingerprint density at radius 1 is 1.39 bits per heavy atom. The summed E-state index contributed by atoms with van der Waals surface area (Å²) in [5.74, 6) is -0.588. The highest BCUT2D eigenvalue weighted by Crippen LogP contribution is 2.31. The van der Waals surface area contributed by atoms with Crippen molar-refractivity contribution in [3.8, 4) is 0 Å². The van der Waals surface area contributed by atoms with Crippen LogP contribution in [0.3, 0.4) is 0 Å². The number of amides is 2. The van der Waals surface area contributed by atoms with Crippen LogP contribution in [0.1, 0.15) is 19.4 Å². The van der Waals surface area contributed by atoms with E-state index < -0.39 is 18.0 Å². The van der Waals surface area contributed by atoms with Crippen LogP contribution >= 0.6 is 0 Å². The van der Waals surface area contributed by atoms with Crippen LogP contribution in [0.2, 0.25) is 0 Å². The molecular weight excluding hydrogens is 367 g/mol. The number of anilines is 2. The van der Waals surface area contributed by atoms with Crippen LogP contribution in [0.15, 0.2) is 30.6 Å². The van der Waals surface area contributed by atoms with Gasteiger partial charge < -0.3 is 15.0 Å². The molecule has 3 heterocycles. The van der Waals surface area contributed by atoms with Gasteiger partial charge in [-0.25, -0.2) is 13.9 Å². The van der Waals surface area contributed by atoms with Gasteiger partial charge in [0.1, 0.15) is 11.9 Å². The van der Waals surface area contributed by atoms with E-state index in [9.17, 15) is 14.0 Å².